The van der Waals surface area contributed by atoms with E-state index in [0.29, 0.717) is 12.0 Å². The molecule has 2 heteroatoms. The fourth-order valence-corrected chi connectivity index (χ4v) is 3.56. The molecule has 24 heavy (non-hydrogen) atoms. The highest BCUT2D eigenvalue weighted by Gasteiger charge is 2.34. The minimum atomic E-state index is -0.214. The second kappa shape index (κ2) is 9.61. The lowest BCUT2D eigenvalue weighted by atomic mass is 9.83. The molecule has 0 aliphatic carbocycles. The van der Waals surface area contributed by atoms with Gasteiger partial charge in [-0.25, -0.2) is 0 Å². The average molecular weight is 325 g/mol. The third-order valence-electron chi connectivity index (χ3n) is 4.87. The molecule has 1 aliphatic rings. The minimum absolute atomic E-state index is 0.214. The maximum absolute atomic E-state index is 10.4. The summed E-state index contributed by atoms with van der Waals surface area (Å²) in [5.41, 5.74) is 2.68. The van der Waals surface area contributed by atoms with Crippen molar-refractivity contribution in [2.45, 2.75) is 52.3 Å². The molecule has 0 saturated carbocycles. The standard InChI is InChI=1S/C20H25NO.C2H6/c1-2-17-13-19(18-11-7-4-8-12-18)21(15-20(17)22)14-16-9-5-3-6-10-16;1-2/h3-12,17,19-20,22H,2,13-15H2,1H3;1-2H3. The summed E-state index contributed by atoms with van der Waals surface area (Å²) in [5, 5.41) is 10.4. The van der Waals surface area contributed by atoms with Crippen molar-refractivity contribution in [2.24, 2.45) is 5.92 Å². The Morgan fingerprint density at radius 1 is 0.958 bits per heavy atom. The van der Waals surface area contributed by atoms with Crippen LogP contribution in [0.1, 0.15) is 50.8 Å². The van der Waals surface area contributed by atoms with Gasteiger partial charge in [-0.3, -0.25) is 4.90 Å². The quantitative estimate of drug-likeness (QED) is 0.850. The molecule has 1 N–H and O–H groups in total. The lowest BCUT2D eigenvalue weighted by molar-refractivity contribution is -0.0158. The number of β-amino-alcohol motifs (C(OH)–C–C–N with tert-alkyl or cyclic N) is 1. The van der Waals surface area contributed by atoms with Gasteiger partial charge in [0.2, 0.25) is 0 Å². The van der Waals surface area contributed by atoms with E-state index in [1.165, 1.54) is 11.1 Å². The Hall–Kier alpha value is -1.64. The van der Waals surface area contributed by atoms with Crippen LogP contribution in [0.15, 0.2) is 60.7 Å². The lowest BCUT2D eigenvalue weighted by Gasteiger charge is -2.42. The van der Waals surface area contributed by atoms with Gasteiger partial charge in [-0.15, -0.1) is 0 Å². The first kappa shape index (κ1) is 18.7. The number of likely N-dealkylation sites (tertiary alicyclic amines) is 1. The zero-order valence-corrected chi connectivity index (χ0v) is 15.2. The van der Waals surface area contributed by atoms with Crippen molar-refractivity contribution in [1.82, 2.24) is 4.90 Å². The zero-order valence-electron chi connectivity index (χ0n) is 15.2. The van der Waals surface area contributed by atoms with Crippen LogP contribution in [0.25, 0.3) is 0 Å². The Bertz CT molecular complexity index is 569. The van der Waals surface area contributed by atoms with Crippen molar-refractivity contribution in [3.63, 3.8) is 0 Å². The highest BCUT2D eigenvalue weighted by molar-refractivity contribution is 5.21. The Balaban J connectivity index is 0.00000100. The Kier molecular flexibility index (Phi) is 7.48. The van der Waals surface area contributed by atoms with Crippen LogP contribution in [0.3, 0.4) is 0 Å². The van der Waals surface area contributed by atoms with E-state index in [-0.39, 0.29) is 6.10 Å². The zero-order chi connectivity index (χ0) is 17.4. The minimum Gasteiger partial charge on any atom is -0.392 e. The van der Waals surface area contributed by atoms with Crippen LogP contribution in [0.4, 0.5) is 0 Å². The predicted molar refractivity (Wildman–Crippen MR) is 102 cm³/mol. The molecular weight excluding hydrogens is 294 g/mol. The Morgan fingerprint density at radius 2 is 1.54 bits per heavy atom. The summed E-state index contributed by atoms with van der Waals surface area (Å²) in [5.74, 6) is 0.400. The van der Waals surface area contributed by atoms with Gasteiger partial charge in [0.1, 0.15) is 0 Å². The van der Waals surface area contributed by atoms with Crippen LogP contribution in [0.2, 0.25) is 0 Å². The van der Waals surface area contributed by atoms with Crippen molar-refractivity contribution < 1.29 is 5.11 Å². The molecule has 130 valence electrons. The molecular formula is C22H31NO. The highest BCUT2D eigenvalue weighted by atomic mass is 16.3. The molecule has 3 rings (SSSR count). The number of piperidine rings is 1. The monoisotopic (exact) mass is 325 g/mol. The molecule has 3 unspecified atom stereocenters. The Labute approximate surface area is 147 Å². The molecule has 2 aromatic carbocycles. The maximum Gasteiger partial charge on any atom is 0.0696 e. The number of aliphatic hydroxyl groups excluding tert-OH is 1. The molecule has 2 nitrogen and oxygen atoms in total. The van der Waals surface area contributed by atoms with Gasteiger partial charge in [0.25, 0.3) is 0 Å². The average Bonchev–Trinajstić information content (AvgIpc) is 2.65. The number of hydrogen-bond acceptors (Lipinski definition) is 2. The molecule has 1 saturated heterocycles. The van der Waals surface area contributed by atoms with Gasteiger partial charge in [-0.2, -0.15) is 0 Å². The van der Waals surface area contributed by atoms with E-state index in [4.69, 9.17) is 0 Å². The fourth-order valence-electron chi connectivity index (χ4n) is 3.56. The van der Waals surface area contributed by atoms with Crippen molar-refractivity contribution in [1.29, 1.82) is 0 Å². The normalized spacial score (nSPS) is 24.1. The summed E-state index contributed by atoms with van der Waals surface area (Å²) in [4.78, 5) is 2.43. The van der Waals surface area contributed by atoms with Gasteiger partial charge in [0.05, 0.1) is 6.10 Å². The lowest BCUT2D eigenvalue weighted by Crippen LogP contribution is -2.45. The highest BCUT2D eigenvalue weighted by Crippen LogP contribution is 2.36. The first-order chi connectivity index (χ1) is 11.8. The molecule has 0 bridgehead atoms. The molecule has 1 fully saturated rings. The molecule has 0 aromatic heterocycles. The molecule has 1 aliphatic heterocycles. The molecule has 1 heterocycles. The topological polar surface area (TPSA) is 23.5 Å². The third-order valence-corrected chi connectivity index (χ3v) is 4.87. The van der Waals surface area contributed by atoms with E-state index in [2.05, 4.69) is 72.5 Å². The number of rotatable bonds is 4. The van der Waals surface area contributed by atoms with Gasteiger partial charge in [-0.1, -0.05) is 87.9 Å². The first-order valence-electron chi connectivity index (χ1n) is 9.29. The number of hydrogen-bond donors (Lipinski definition) is 1. The van der Waals surface area contributed by atoms with Crippen LogP contribution in [-0.4, -0.2) is 22.7 Å². The largest absolute Gasteiger partial charge is 0.392 e. The van der Waals surface area contributed by atoms with Crippen molar-refractivity contribution >= 4 is 0 Å². The third kappa shape index (κ3) is 4.68. The van der Waals surface area contributed by atoms with Crippen LogP contribution >= 0.6 is 0 Å². The summed E-state index contributed by atoms with van der Waals surface area (Å²) < 4.78 is 0. The van der Waals surface area contributed by atoms with E-state index in [1.807, 2.05) is 13.8 Å². The summed E-state index contributed by atoms with van der Waals surface area (Å²) >= 11 is 0. The number of benzene rings is 2. The predicted octanol–water partition coefficient (Wildman–Crippen LogP) is 5.05. The van der Waals surface area contributed by atoms with Crippen LogP contribution in [0.5, 0.6) is 0 Å². The molecule has 2 aromatic rings. The van der Waals surface area contributed by atoms with Crippen LogP contribution in [-0.2, 0) is 6.54 Å². The van der Waals surface area contributed by atoms with Gasteiger partial charge in [0.15, 0.2) is 0 Å². The van der Waals surface area contributed by atoms with Gasteiger partial charge < -0.3 is 5.11 Å². The van der Waals surface area contributed by atoms with Crippen molar-refractivity contribution in [2.75, 3.05) is 6.54 Å². The summed E-state index contributed by atoms with van der Waals surface area (Å²) in [6, 6.07) is 21.7. The van der Waals surface area contributed by atoms with Crippen LogP contribution < -0.4 is 0 Å². The van der Waals surface area contributed by atoms with Gasteiger partial charge >= 0.3 is 0 Å². The van der Waals surface area contributed by atoms with Crippen molar-refractivity contribution in [3.8, 4) is 0 Å². The number of nitrogens with zero attached hydrogens (tertiary/aromatic N) is 1. The second-order valence-corrected chi connectivity index (χ2v) is 6.31. The van der Waals surface area contributed by atoms with Gasteiger partial charge in [-0.05, 0) is 23.5 Å². The van der Waals surface area contributed by atoms with E-state index in [9.17, 15) is 5.11 Å². The van der Waals surface area contributed by atoms with E-state index < -0.39 is 0 Å². The molecule has 3 atom stereocenters. The summed E-state index contributed by atoms with van der Waals surface area (Å²) in [6.45, 7) is 7.84. The summed E-state index contributed by atoms with van der Waals surface area (Å²) in [7, 11) is 0. The van der Waals surface area contributed by atoms with E-state index in [0.717, 1.165) is 25.9 Å². The SMILES string of the molecule is CC.CCC1CC(c2ccccc2)N(Cc2ccccc2)CC1O. The second-order valence-electron chi connectivity index (χ2n) is 6.31. The first-order valence-corrected chi connectivity index (χ1v) is 9.29. The van der Waals surface area contributed by atoms with Gasteiger partial charge in [0, 0.05) is 19.1 Å². The molecule has 0 radical (unpaired) electrons. The molecule has 0 spiro atoms. The van der Waals surface area contributed by atoms with Crippen LogP contribution in [0, 0.1) is 5.92 Å². The maximum atomic E-state index is 10.4. The van der Waals surface area contributed by atoms with E-state index >= 15 is 0 Å². The van der Waals surface area contributed by atoms with E-state index in [1.54, 1.807) is 0 Å². The van der Waals surface area contributed by atoms with Crippen molar-refractivity contribution in [3.05, 3.63) is 71.8 Å². The fraction of sp³-hybridized carbons (Fsp3) is 0.455. The smallest absolute Gasteiger partial charge is 0.0696 e. The summed E-state index contributed by atoms with van der Waals surface area (Å²) in [6.07, 6.45) is 1.87. The molecule has 0 amide bonds. The number of aliphatic hydroxyl groups is 1. The Morgan fingerprint density at radius 3 is 2.12 bits per heavy atom.